The zero-order valence-corrected chi connectivity index (χ0v) is 9.76. The highest BCUT2D eigenvalue weighted by Crippen LogP contribution is 2.20. The number of hydrogen-bond donors (Lipinski definition) is 1. The fourth-order valence-corrected chi connectivity index (χ4v) is 2.47. The number of oxime groups is 1. The van der Waals surface area contributed by atoms with E-state index >= 15 is 0 Å². The molecule has 0 amide bonds. The summed E-state index contributed by atoms with van der Waals surface area (Å²) < 4.78 is 0. The zero-order chi connectivity index (χ0) is 10.6. The van der Waals surface area contributed by atoms with Gasteiger partial charge in [0, 0.05) is 5.33 Å². The van der Waals surface area contributed by atoms with E-state index in [9.17, 15) is 4.79 Å². The Labute approximate surface area is 93.3 Å². The van der Waals surface area contributed by atoms with Crippen LogP contribution < -0.4 is 0 Å². The van der Waals surface area contributed by atoms with Gasteiger partial charge in [-0.1, -0.05) is 21.1 Å². The van der Waals surface area contributed by atoms with Gasteiger partial charge in [0.1, 0.15) is 7.11 Å². The third-order valence-corrected chi connectivity index (χ3v) is 3.06. The van der Waals surface area contributed by atoms with Crippen molar-refractivity contribution in [2.24, 2.45) is 5.16 Å². The highest BCUT2D eigenvalue weighted by Gasteiger charge is 2.18. The molecule has 0 radical (unpaired) electrons. The van der Waals surface area contributed by atoms with Crippen molar-refractivity contribution in [1.82, 2.24) is 0 Å². The number of halogens is 1. The summed E-state index contributed by atoms with van der Waals surface area (Å²) >= 11 is 4.60. The molecule has 0 saturated heterocycles. The molecule has 0 fully saturated rings. The molecule has 0 aliphatic heterocycles. The van der Waals surface area contributed by atoms with Crippen molar-refractivity contribution in [3.05, 3.63) is 21.9 Å². The fourth-order valence-electron chi connectivity index (χ4n) is 0.918. The van der Waals surface area contributed by atoms with Crippen LogP contribution in [0.5, 0.6) is 0 Å². The average Bonchev–Trinajstić information content (AvgIpc) is 2.61. The Hall–Kier alpha value is -0.880. The first-order chi connectivity index (χ1) is 6.70. The molecule has 1 aromatic heterocycles. The molecule has 0 saturated carbocycles. The maximum absolute atomic E-state index is 10.8. The van der Waals surface area contributed by atoms with Gasteiger partial charge in [-0.2, -0.15) is 0 Å². The lowest BCUT2D eigenvalue weighted by atomic mass is 10.2. The van der Waals surface area contributed by atoms with Gasteiger partial charge < -0.3 is 9.94 Å². The number of thiophene rings is 1. The van der Waals surface area contributed by atoms with E-state index in [0.29, 0.717) is 10.2 Å². The summed E-state index contributed by atoms with van der Waals surface area (Å²) in [5.74, 6) is -1.09. The fraction of sp³-hybridized carbons (Fsp3) is 0.250. The van der Waals surface area contributed by atoms with Gasteiger partial charge in [0.25, 0.3) is 0 Å². The quantitative estimate of drug-likeness (QED) is 0.521. The second-order valence-electron chi connectivity index (χ2n) is 2.34. The predicted octanol–water partition coefficient (Wildman–Crippen LogP) is 2.08. The van der Waals surface area contributed by atoms with Gasteiger partial charge in [-0.15, -0.1) is 11.3 Å². The van der Waals surface area contributed by atoms with E-state index < -0.39 is 5.97 Å². The number of carboxylic acids is 1. The van der Waals surface area contributed by atoms with Gasteiger partial charge >= 0.3 is 5.97 Å². The average molecular weight is 278 g/mol. The molecule has 76 valence electrons. The van der Waals surface area contributed by atoms with Crippen LogP contribution in [-0.4, -0.2) is 23.9 Å². The van der Waals surface area contributed by atoms with E-state index in [4.69, 9.17) is 5.11 Å². The smallest absolute Gasteiger partial charge is 0.359 e. The molecule has 0 atom stereocenters. The van der Waals surface area contributed by atoms with Gasteiger partial charge in [-0.3, -0.25) is 0 Å². The Bertz CT molecular complexity index is 361. The second kappa shape index (κ2) is 5.11. The van der Waals surface area contributed by atoms with Crippen LogP contribution in [-0.2, 0) is 15.0 Å². The molecule has 1 heterocycles. The second-order valence-corrected chi connectivity index (χ2v) is 3.81. The molecule has 0 unspecified atom stereocenters. The Morgan fingerprint density at radius 1 is 1.79 bits per heavy atom. The van der Waals surface area contributed by atoms with E-state index in [0.717, 1.165) is 5.56 Å². The standard InChI is InChI=1S/C8H8BrNO3S/c1-13-10-6(8(11)12)7-5(4-9)2-3-14-7/h2-3H,4H2,1H3,(H,11,12). The van der Waals surface area contributed by atoms with Crippen molar-refractivity contribution < 1.29 is 14.7 Å². The molecule has 1 rings (SSSR count). The van der Waals surface area contributed by atoms with Gasteiger partial charge in [0.05, 0.1) is 4.88 Å². The number of rotatable bonds is 4. The van der Waals surface area contributed by atoms with E-state index in [2.05, 4.69) is 25.9 Å². The van der Waals surface area contributed by atoms with Crippen LogP contribution in [0.1, 0.15) is 10.4 Å². The number of nitrogens with zero attached hydrogens (tertiary/aromatic N) is 1. The normalized spacial score (nSPS) is 11.4. The topological polar surface area (TPSA) is 58.9 Å². The van der Waals surface area contributed by atoms with Gasteiger partial charge in [0.15, 0.2) is 0 Å². The molecule has 0 bridgehead atoms. The maximum atomic E-state index is 10.8. The van der Waals surface area contributed by atoms with E-state index in [1.165, 1.54) is 18.4 Å². The summed E-state index contributed by atoms with van der Waals surface area (Å²) in [6, 6.07) is 1.85. The van der Waals surface area contributed by atoms with Crippen molar-refractivity contribution >= 4 is 38.9 Å². The van der Waals surface area contributed by atoms with Crippen LogP contribution in [0, 0.1) is 0 Å². The van der Waals surface area contributed by atoms with Crippen molar-refractivity contribution in [2.75, 3.05) is 7.11 Å². The van der Waals surface area contributed by atoms with Gasteiger partial charge in [-0.05, 0) is 17.0 Å². The van der Waals surface area contributed by atoms with Crippen molar-refractivity contribution in [3.63, 3.8) is 0 Å². The van der Waals surface area contributed by atoms with Crippen LogP contribution in [0.4, 0.5) is 0 Å². The van der Waals surface area contributed by atoms with E-state index in [1.807, 2.05) is 11.4 Å². The maximum Gasteiger partial charge on any atom is 0.359 e. The number of hydrogen-bond acceptors (Lipinski definition) is 4. The first-order valence-corrected chi connectivity index (χ1v) is 5.68. The number of carbonyl (C=O) groups is 1. The molecule has 0 spiro atoms. The molecule has 0 aromatic carbocycles. The molecule has 4 nitrogen and oxygen atoms in total. The largest absolute Gasteiger partial charge is 0.476 e. The summed E-state index contributed by atoms with van der Waals surface area (Å²) in [7, 11) is 1.32. The minimum Gasteiger partial charge on any atom is -0.476 e. The lowest BCUT2D eigenvalue weighted by molar-refractivity contribution is -0.129. The van der Waals surface area contributed by atoms with Crippen molar-refractivity contribution in [1.29, 1.82) is 0 Å². The van der Waals surface area contributed by atoms with Crippen LogP contribution in [0.15, 0.2) is 16.6 Å². The van der Waals surface area contributed by atoms with Crippen LogP contribution in [0.2, 0.25) is 0 Å². The van der Waals surface area contributed by atoms with Crippen molar-refractivity contribution in [3.8, 4) is 0 Å². The van der Waals surface area contributed by atoms with Crippen LogP contribution >= 0.6 is 27.3 Å². The highest BCUT2D eigenvalue weighted by molar-refractivity contribution is 9.08. The Morgan fingerprint density at radius 2 is 2.50 bits per heavy atom. The highest BCUT2D eigenvalue weighted by atomic mass is 79.9. The monoisotopic (exact) mass is 277 g/mol. The number of alkyl halides is 1. The lowest BCUT2D eigenvalue weighted by Crippen LogP contribution is -2.14. The van der Waals surface area contributed by atoms with E-state index in [-0.39, 0.29) is 5.71 Å². The van der Waals surface area contributed by atoms with Crippen LogP contribution in [0.25, 0.3) is 0 Å². The molecule has 6 heteroatoms. The molecule has 1 N–H and O–H groups in total. The SMILES string of the molecule is CON=C(C(=O)O)c1sccc1CBr. The van der Waals surface area contributed by atoms with Crippen molar-refractivity contribution in [2.45, 2.75) is 5.33 Å². The molecular weight excluding hydrogens is 270 g/mol. The summed E-state index contributed by atoms with van der Waals surface area (Å²) in [6.07, 6.45) is 0. The van der Waals surface area contributed by atoms with E-state index in [1.54, 1.807) is 0 Å². The summed E-state index contributed by atoms with van der Waals surface area (Å²) in [4.78, 5) is 15.9. The molecule has 0 aliphatic carbocycles. The molecule has 1 aromatic rings. The van der Waals surface area contributed by atoms with Gasteiger partial charge in [-0.25, -0.2) is 4.79 Å². The number of aliphatic carboxylic acids is 1. The molecular formula is C8H8BrNO3S. The molecule has 0 aliphatic rings. The Kier molecular flexibility index (Phi) is 4.09. The Balaban J connectivity index is 3.11. The third-order valence-electron chi connectivity index (χ3n) is 1.49. The summed E-state index contributed by atoms with van der Waals surface area (Å²) in [5.41, 5.74) is 0.838. The predicted molar refractivity (Wildman–Crippen MR) is 58.1 cm³/mol. The molecule has 14 heavy (non-hydrogen) atoms. The number of carboxylic acid groups (broad SMARTS) is 1. The lowest BCUT2D eigenvalue weighted by Gasteiger charge is -1.99. The Morgan fingerprint density at radius 3 is 3.00 bits per heavy atom. The zero-order valence-electron chi connectivity index (χ0n) is 7.36. The van der Waals surface area contributed by atoms with Crippen LogP contribution in [0.3, 0.4) is 0 Å². The van der Waals surface area contributed by atoms with Gasteiger partial charge in [0.2, 0.25) is 5.71 Å². The third kappa shape index (κ3) is 2.33. The summed E-state index contributed by atoms with van der Waals surface area (Å²) in [6.45, 7) is 0. The minimum atomic E-state index is -1.09. The minimum absolute atomic E-state index is 0.0584. The first kappa shape index (κ1) is 11.2. The summed E-state index contributed by atoms with van der Waals surface area (Å²) in [5, 5.41) is 14.8. The first-order valence-electron chi connectivity index (χ1n) is 3.67.